The third kappa shape index (κ3) is 2.18. The molecule has 1 saturated carbocycles. The lowest BCUT2D eigenvalue weighted by Crippen LogP contribution is -2.38. The minimum atomic E-state index is -1.48. The highest BCUT2D eigenvalue weighted by Gasteiger charge is 2.87. The normalized spacial score (nSPS) is 28.0. The Hall–Kier alpha value is -1.98. The average Bonchev–Trinajstić information content (AvgIpc) is 3.29. The average molecular weight is 448 g/mol. The van der Waals surface area contributed by atoms with Gasteiger partial charge >= 0.3 is 5.97 Å². The van der Waals surface area contributed by atoms with E-state index in [2.05, 4.69) is 15.9 Å². The predicted octanol–water partition coefficient (Wildman–Crippen LogP) is 4.97. The van der Waals surface area contributed by atoms with Gasteiger partial charge in [0.15, 0.2) is 5.78 Å². The molecule has 4 rings (SSSR count). The highest BCUT2D eigenvalue weighted by molar-refractivity contribution is 9.10. The first kappa shape index (κ1) is 18.4. The molecule has 0 N–H and O–H groups in total. The minimum absolute atomic E-state index is 0.230. The number of halogens is 2. The summed E-state index contributed by atoms with van der Waals surface area (Å²) in [5.41, 5.74) is -1.49. The Morgan fingerprint density at radius 2 is 1.85 bits per heavy atom. The third-order valence-corrected chi connectivity index (χ3v) is 6.72. The van der Waals surface area contributed by atoms with Crippen molar-refractivity contribution >= 4 is 45.1 Å². The molecule has 0 radical (unpaired) electrons. The number of hydrogen-bond donors (Lipinski definition) is 0. The maximum absolute atomic E-state index is 13.6. The second kappa shape index (κ2) is 6.01. The molecular weight excluding hydrogens is 432 g/mol. The van der Waals surface area contributed by atoms with E-state index in [-0.39, 0.29) is 11.6 Å². The number of ketones is 2. The van der Waals surface area contributed by atoms with Gasteiger partial charge in [0.05, 0.1) is 5.41 Å². The van der Waals surface area contributed by atoms with Crippen LogP contribution in [0.1, 0.15) is 42.1 Å². The summed E-state index contributed by atoms with van der Waals surface area (Å²) in [5.74, 6) is -1.34. The summed E-state index contributed by atoms with van der Waals surface area (Å²) in [6.45, 7) is 3.20. The van der Waals surface area contributed by atoms with Crippen molar-refractivity contribution < 1.29 is 19.1 Å². The van der Waals surface area contributed by atoms with Gasteiger partial charge in [0, 0.05) is 26.5 Å². The molecule has 2 aromatic carbocycles. The Morgan fingerprint density at radius 1 is 1.19 bits per heavy atom. The zero-order valence-electron chi connectivity index (χ0n) is 14.7. The molecule has 3 atom stereocenters. The van der Waals surface area contributed by atoms with Crippen LogP contribution in [0.3, 0.4) is 0 Å². The second-order valence-corrected chi connectivity index (χ2v) is 8.38. The van der Waals surface area contributed by atoms with Crippen LogP contribution < -0.4 is 4.74 Å². The highest BCUT2D eigenvalue weighted by atomic mass is 79.9. The first-order valence-electron chi connectivity index (χ1n) is 8.63. The molecule has 1 aliphatic heterocycles. The van der Waals surface area contributed by atoms with Gasteiger partial charge in [0.2, 0.25) is 0 Å². The minimum Gasteiger partial charge on any atom is -0.425 e. The van der Waals surface area contributed by atoms with Crippen molar-refractivity contribution in [2.45, 2.75) is 26.2 Å². The molecule has 1 fully saturated rings. The molecule has 4 nitrogen and oxygen atoms in total. The summed E-state index contributed by atoms with van der Waals surface area (Å²) >= 11 is 9.37. The molecule has 0 saturated heterocycles. The quantitative estimate of drug-likeness (QED) is 0.287. The Kier molecular flexibility index (Phi) is 4.09. The first-order chi connectivity index (χ1) is 12.8. The number of carbonyl (C=O) groups excluding carboxylic acids is 3. The van der Waals surface area contributed by atoms with Crippen LogP contribution in [0.15, 0.2) is 46.9 Å². The summed E-state index contributed by atoms with van der Waals surface area (Å²) in [6, 6.07) is 11.8. The fraction of sp³-hybridized carbons (Fsp3) is 0.286. The SMILES string of the molecule is CC[C@]1(C(=O)c2ccc(Cl)cc2)[C@@H]2c3cc(Br)ccc3OC(=O)[C@@]21C(C)=O. The van der Waals surface area contributed by atoms with Crippen LogP contribution >= 0.6 is 27.5 Å². The summed E-state index contributed by atoms with van der Waals surface area (Å²) in [5, 5.41) is 0.514. The van der Waals surface area contributed by atoms with Gasteiger partial charge in [-0.05, 0) is 55.8 Å². The van der Waals surface area contributed by atoms with Crippen LogP contribution in [0.5, 0.6) is 5.75 Å². The molecule has 1 aliphatic carbocycles. The van der Waals surface area contributed by atoms with Crippen molar-refractivity contribution in [2.24, 2.45) is 10.8 Å². The van der Waals surface area contributed by atoms with Crippen molar-refractivity contribution in [1.82, 2.24) is 0 Å². The summed E-state index contributed by atoms with van der Waals surface area (Å²) < 4.78 is 6.31. The Labute approximate surface area is 170 Å². The van der Waals surface area contributed by atoms with Gasteiger partial charge in [-0.2, -0.15) is 0 Å². The van der Waals surface area contributed by atoms with Gasteiger partial charge < -0.3 is 4.74 Å². The highest BCUT2D eigenvalue weighted by Crippen LogP contribution is 2.80. The van der Waals surface area contributed by atoms with E-state index in [9.17, 15) is 14.4 Å². The molecule has 6 heteroatoms. The Morgan fingerprint density at radius 3 is 2.44 bits per heavy atom. The number of fused-ring (bicyclic) bond motifs is 3. The van der Waals surface area contributed by atoms with E-state index in [1.807, 2.05) is 13.0 Å². The zero-order chi connectivity index (χ0) is 19.6. The van der Waals surface area contributed by atoms with Crippen LogP contribution in [0, 0.1) is 10.8 Å². The summed E-state index contributed by atoms with van der Waals surface area (Å²) in [4.78, 5) is 39.3. The molecule has 0 bridgehead atoms. The van der Waals surface area contributed by atoms with E-state index in [0.29, 0.717) is 28.3 Å². The third-order valence-electron chi connectivity index (χ3n) is 5.98. The van der Waals surface area contributed by atoms with Crippen molar-refractivity contribution in [3.8, 4) is 5.75 Å². The maximum atomic E-state index is 13.6. The van der Waals surface area contributed by atoms with Gasteiger partial charge in [-0.25, -0.2) is 0 Å². The van der Waals surface area contributed by atoms with Crippen LogP contribution in [0.4, 0.5) is 0 Å². The number of hydrogen-bond acceptors (Lipinski definition) is 4. The number of Topliss-reactive ketones (excluding diaryl/α,β-unsaturated/α-hetero) is 2. The van der Waals surface area contributed by atoms with E-state index < -0.39 is 22.7 Å². The second-order valence-electron chi connectivity index (χ2n) is 7.03. The van der Waals surface area contributed by atoms with E-state index in [1.165, 1.54) is 6.92 Å². The lowest BCUT2D eigenvalue weighted by molar-refractivity contribution is -0.148. The fourth-order valence-electron chi connectivity index (χ4n) is 4.83. The van der Waals surface area contributed by atoms with Gasteiger partial charge in [-0.1, -0.05) is 34.5 Å². The number of rotatable bonds is 4. The topological polar surface area (TPSA) is 60.4 Å². The lowest BCUT2D eigenvalue weighted by atomic mass is 9.81. The molecule has 27 heavy (non-hydrogen) atoms. The zero-order valence-corrected chi connectivity index (χ0v) is 17.1. The van der Waals surface area contributed by atoms with Gasteiger partial charge in [-0.3, -0.25) is 14.4 Å². The number of esters is 1. The van der Waals surface area contributed by atoms with E-state index in [4.69, 9.17) is 16.3 Å². The number of carbonyl (C=O) groups is 3. The maximum Gasteiger partial charge on any atom is 0.326 e. The largest absolute Gasteiger partial charge is 0.425 e. The molecule has 2 aliphatic rings. The predicted molar refractivity (Wildman–Crippen MR) is 104 cm³/mol. The monoisotopic (exact) mass is 446 g/mol. The lowest BCUT2D eigenvalue weighted by Gasteiger charge is -2.22. The van der Waals surface area contributed by atoms with Crippen LogP contribution in [-0.2, 0) is 9.59 Å². The fourth-order valence-corrected chi connectivity index (χ4v) is 5.33. The van der Waals surface area contributed by atoms with E-state index in [0.717, 1.165) is 4.47 Å². The molecule has 0 amide bonds. The van der Waals surface area contributed by atoms with E-state index in [1.54, 1.807) is 36.4 Å². The van der Waals surface area contributed by atoms with Crippen LogP contribution in [-0.4, -0.2) is 17.5 Å². The molecule has 1 heterocycles. The standard InChI is InChI=1S/C21H16BrClO4/c1-3-20(18(25)12-4-7-14(23)8-5-12)17-15-10-13(22)6-9-16(15)27-19(26)21(17,20)11(2)24/h4-10,17H,3H2,1-2H3/t17-,20+,21+/m0/s1. The van der Waals surface area contributed by atoms with Crippen molar-refractivity contribution in [3.63, 3.8) is 0 Å². The number of benzene rings is 2. The smallest absolute Gasteiger partial charge is 0.326 e. The molecule has 0 unspecified atom stereocenters. The first-order valence-corrected chi connectivity index (χ1v) is 9.81. The van der Waals surface area contributed by atoms with Crippen LogP contribution in [0.2, 0.25) is 5.02 Å². The van der Waals surface area contributed by atoms with Gasteiger partial charge in [-0.15, -0.1) is 0 Å². The molecule has 0 spiro atoms. The van der Waals surface area contributed by atoms with Crippen molar-refractivity contribution in [3.05, 3.63) is 63.1 Å². The van der Waals surface area contributed by atoms with E-state index >= 15 is 0 Å². The van der Waals surface area contributed by atoms with Gasteiger partial charge in [0.25, 0.3) is 0 Å². The van der Waals surface area contributed by atoms with Crippen molar-refractivity contribution in [1.29, 1.82) is 0 Å². The Balaban J connectivity index is 1.95. The summed E-state index contributed by atoms with van der Waals surface area (Å²) in [6.07, 6.45) is 0.347. The summed E-state index contributed by atoms with van der Waals surface area (Å²) in [7, 11) is 0. The van der Waals surface area contributed by atoms with Crippen LogP contribution in [0.25, 0.3) is 0 Å². The Bertz CT molecular complexity index is 1000. The molecule has 138 valence electrons. The molecule has 0 aromatic heterocycles. The van der Waals surface area contributed by atoms with Crippen molar-refractivity contribution in [2.75, 3.05) is 0 Å². The van der Waals surface area contributed by atoms with Gasteiger partial charge in [0.1, 0.15) is 16.9 Å². The molecular formula is C21H16BrClO4. The number of ether oxygens (including phenoxy) is 1. The molecule has 2 aromatic rings.